The summed E-state index contributed by atoms with van der Waals surface area (Å²) in [6, 6.07) is 10.7. The first-order chi connectivity index (χ1) is 43.2. The Bertz CT molecular complexity index is 3370. The van der Waals surface area contributed by atoms with Gasteiger partial charge in [-0.1, -0.05) is 12.1 Å². The van der Waals surface area contributed by atoms with Gasteiger partial charge in [0.05, 0.1) is 18.8 Å². The maximum atomic E-state index is 13.3. The molecule has 5 aliphatic heterocycles. The van der Waals surface area contributed by atoms with Gasteiger partial charge in [-0.3, -0.25) is 0 Å². The highest BCUT2D eigenvalue weighted by Crippen LogP contribution is 2.49. The van der Waals surface area contributed by atoms with Gasteiger partial charge in [-0.2, -0.15) is 0 Å². The van der Waals surface area contributed by atoms with Gasteiger partial charge in [0.2, 0.25) is 24.6 Å². The average molecular weight is 1290 g/mol. The summed E-state index contributed by atoms with van der Waals surface area (Å²) in [6.45, 7) is -2.84. The number of carboxylic acids is 1. The van der Waals surface area contributed by atoms with Gasteiger partial charge in [0.15, 0.2) is 65.2 Å². The molecule has 21 atom stereocenters. The zero-order valence-corrected chi connectivity index (χ0v) is 46.6. The predicted octanol–water partition coefficient (Wildman–Crippen LogP) is -4.28. The standard InChI is InChI=1S/C57H62O34/c58-16-33-40(70)45(75)52(91-57-51(44(74)39(69)34(17-59)87-57)89-37(67)8-4-20-2-6-25(61)28(64)10-20)56(86-33)85-32-15-23-26(62)13-22(82-54-47(77)42(72)41(71)35(88-54)18-81-36(66)7-3-19-1-5-24(60)27(63)9-19)14-30(23)83-49(32)21-11-29(65)38(68)31(12-21)84-55-48(78)43(73)46(76)50(90-55)53(79)80/h1-15,33-35,39-52,54-65,68-78H,16-18H2,(H,79,80)/b7-3+,8-4+/t33-,34-,35-,39-,40+,41-,42+,43+,44+,45+,46+,47-,48-,49?,50+,51-,52-,54-,55-,56-,57+/m1/s1. The third kappa shape index (κ3) is 14.5. The van der Waals surface area contributed by atoms with Crippen LogP contribution in [0.1, 0.15) is 28.4 Å². The molecule has 4 fully saturated rings. The lowest BCUT2D eigenvalue weighted by atomic mass is 9.96. The molecule has 4 aromatic rings. The number of hydrogen-bond donors (Lipinski definition) is 20. The van der Waals surface area contributed by atoms with Gasteiger partial charge in [0.25, 0.3) is 0 Å². The van der Waals surface area contributed by atoms with E-state index in [-0.39, 0.29) is 22.3 Å². The van der Waals surface area contributed by atoms with Crippen molar-refractivity contribution in [2.75, 3.05) is 19.8 Å². The van der Waals surface area contributed by atoms with Crippen LogP contribution >= 0.6 is 0 Å². The second-order valence-electron chi connectivity index (χ2n) is 21.1. The lowest BCUT2D eigenvalue weighted by Gasteiger charge is -2.46. The number of phenols is 7. The highest BCUT2D eigenvalue weighted by atomic mass is 16.8. The van der Waals surface area contributed by atoms with E-state index >= 15 is 0 Å². The smallest absolute Gasteiger partial charge is 0.335 e. The molecule has 0 bridgehead atoms. The Morgan fingerprint density at radius 3 is 1.64 bits per heavy atom. The molecule has 91 heavy (non-hydrogen) atoms. The number of aliphatic carboxylic acids is 1. The van der Waals surface area contributed by atoms with Crippen molar-refractivity contribution < 1.29 is 169 Å². The number of hydrogen-bond acceptors (Lipinski definition) is 33. The van der Waals surface area contributed by atoms with Crippen LogP contribution in [0.15, 0.2) is 78.6 Å². The molecule has 4 saturated heterocycles. The van der Waals surface area contributed by atoms with Crippen LogP contribution in [0.3, 0.4) is 0 Å². The van der Waals surface area contributed by atoms with E-state index in [1.807, 2.05) is 0 Å². The average Bonchev–Trinajstić information content (AvgIpc) is 0.828. The summed E-state index contributed by atoms with van der Waals surface area (Å²) >= 11 is 0. The summed E-state index contributed by atoms with van der Waals surface area (Å²) in [5.74, 6) is -11.3. The van der Waals surface area contributed by atoms with E-state index in [9.17, 15) is 117 Å². The van der Waals surface area contributed by atoms with Crippen LogP contribution in [0.4, 0.5) is 0 Å². The number of carbonyl (C=O) groups is 3. The maximum absolute atomic E-state index is 13.3. The van der Waals surface area contributed by atoms with Crippen LogP contribution in [0.25, 0.3) is 18.2 Å². The van der Waals surface area contributed by atoms with E-state index < -0.39 is 230 Å². The van der Waals surface area contributed by atoms with Crippen molar-refractivity contribution >= 4 is 36.1 Å². The highest BCUT2D eigenvalue weighted by molar-refractivity contribution is 5.88. The number of benzene rings is 4. The summed E-state index contributed by atoms with van der Waals surface area (Å²) < 4.78 is 63.3. The second-order valence-corrected chi connectivity index (χ2v) is 21.1. The first-order valence-corrected chi connectivity index (χ1v) is 27.3. The number of ether oxygens (including phenoxy) is 11. The van der Waals surface area contributed by atoms with Crippen LogP contribution < -0.4 is 14.2 Å². The minimum Gasteiger partial charge on any atom is -0.507 e. The number of fused-ring (bicyclic) bond motifs is 1. The molecule has 494 valence electrons. The zero-order chi connectivity index (χ0) is 66.0. The fourth-order valence-corrected chi connectivity index (χ4v) is 9.92. The number of rotatable bonds is 19. The minimum absolute atomic E-state index is 0.156. The van der Waals surface area contributed by atoms with Crippen molar-refractivity contribution in [3.05, 3.63) is 101 Å². The van der Waals surface area contributed by atoms with Crippen molar-refractivity contribution in [3.63, 3.8) is 0 Å². The topological polar surface area (TPSA) is 557 Å². The van der Waals surface area contributed by atoms with Crippen molar-refractivity contribution in [1.29, 1.82) is 0 Å². The lowest BCUT2D eigenvalue weighted by molar-refractivity contribution is -0.364. The van der Waals surface area contributed by atoms with E-state index in [0.717, 1.165) is 72.8 Å². The number of phenolic OH excluding ortho intramolecular Hbond substituents is 7. The van der Waals surface area contributed by atoms with Gasteiger partial charge >= 0.3 is 17.9 Å². The third-order valence-corrected chi connectivity index (χ3v) is 14.9. The minimum atomic E-state index is -2.24. The number of carbonyl (C=O) groups excluding carboxylic acids is 2. The quantitative estimate of drug-likeness (QED) is 0.0240. The molecule has 5 heterocycles. The normalized spacial score (nSPS) is 33.3. The highest BCUT2D eigenvalue weighted by Gasteiger charge is 2.54. The molecule has 34 heteroatoms. The van der Waals surface area contributed by atoms with E-state index in [1.165, 1.54) is 18.2 Å². The molecule has 20 N–H and O–H groups in total. The van der Waals surface area contributed by atoms with E-state index in [4.69, 9.17) is 52.1 Å². The summed E-state index contributed by atoms with van der Waals surface area (Å²) in [5, 5.41) is 213. The molecule has 0 aromatic heterocycles. The van der Waals surface area contributed by atoms with Gasteiger partial charge in [-0.15, -0.1) is 0 Å². The molecule has 0 saturated carbocycles. The summed E-state index contributed by atoms with van der Waals surface area (Å²) in [5.41, 5.74) is -0.300. The van der Waals surface area contributed by atoms with Crippen LogP contribution in [-0.4, -0.2) is 263 Å². The Labute approximate surface area is 510 Å². The van der Waals surface area contributed by atoms with Crippen LogP contribution in [0, 0.1) is 0 Å². The number of carboxylic acid groups (broad SMARTS) is 1. The van der Waals surface area contributed by atoms with Crippen molar-refractivity contribution in [2.45, 2.75) is 129 Å². The number of aliphatic hydroxyl groups excluding tert-OH is 12. The lowest BCUT2D eigenvalue weighted by Crippen LogP contribution is -2.65. The summed E-state index contributed by atoms with van der Waals surface area (Å²) in [6.07, 6.45) is -38.1. The third-order valence-electron chi connectivity index (χ3n) is 14.9. The second kappa shape index (κ2) is 28.0. The predicted molar refractivity (Wildman–Crippen MR) is 291 cm³/mol. The first-order valence-electron chi connectivity index (χ1n) is 27.3. The summed E-state index contributed by atoms with van der Waals surface area (Å²) in [7, 11) is 0. The molecule has 0 spiro atoms. The Balaban J connectivity index is 1.05. The fourth-order valence-electron chi connectivity index (χ4n) is 9.92. The monoisotopic (exact) mass is 1290 g/mol. The fraction of sp³-hybridized carbons (Fsp3) is 0.421. The molecule has 0 amide bonds. The molecular formula is C57H62O34. The van der Waals surface area contributed by atoms with Gasteiger partial charge in [-0.25, -0.2) is 14.4 Å². The van der Waals surface area contributed by atoms with Gasteiger partial charge in [-0.05, 0) is 65.8 Å². The van der Waals surface area contributed by atoms with Gasteiger partial charge in [0, 0.05) is 29.8 Å². The number of aromatic hydroxyl groups is 7. The Kier molecular flexibility index (Phi) is 20.6. The SMILES string of the molecule is O=C(/C=C/c1ccc(O)c(O)c1)OC[C@H]1O[C@@H](Oc2cc(O)c3c(c2)OC(c2cc(O)c(O)c(O[C@@H]4O[C@H](C(=O)O)[C@@H](O)[C@H](O)[C@H]4O)c2)C(O[C@@H]2O[C@H](CO)[C@H](O)[C@H](O)[C@H]2O[C@@H]2O[C@H](CO)[C@@H](O)[C@H](O)[C@H]2OC(=O)/C=C/c2ccc(O)c(O)c2)=C3)[C@H](O)[C@@H](O)[C@@H]1O. The largest absolute Gasteiger partial charge is 0.507 e. The molecule has 34 nitrogen and oxygen atoms in total. The molecular weight excluding hydrogens is 1230 g/mol. The molecule has 0 aliphatic carbocycles. The molecule has 1 unspecified atom stereocenters. The van der Waals surface area contributed by atoms with Crippen molar-refractivity contribution in [1.82, 2.24) is 0 Å². The van der Waals surface area contributed by atoms with E-state index in [0.29, 0.717) is 0 Å². The maximum Gasteiger partial charge on any atom is 0.335 e. The van der Waals surface area contributed by atoms with Crippen molar-refractivity contribution in [3.8, 4) is 57.5 Å². The molecule has 4 aromatic carbocycles. The summed E-state index contributed by atoms with van der Waals surface area (Å²) in [4.78, 5) is 37.9. The molecule has 9 rings (SSSR count). The van der Waals surface area contributed by atoms with Crippen LogP contribution in [0.5, 0.6) is 57.5 Å². The van der Waals surface area contributed by atoms with Crippen molar-refractivity contribution in [2.24, 2.45) is 0 Å². The molecule has 5 aliphatic rings. The Morgan fingerprint density at radius 2 is 1.04 bits per heavy atom. The molecule has 0 radical (unpaired) electrons. The first kappa shape index (κ1) is 67.0. The zero-order valence-electron chi connectivity index (χ0n) is 46.6. The van der Waals surface area contributed by atoms with Gasteiger partial charge < -0.3 is 154 Å². The van der Waals surface area contributed by atoms with Crippen LogP contribution in [0.2, 0.25) is 0 Å². The van der Waals surface area contributed by atoms with Gasteiger partial charge in [0.1, 0.15) is 109 Å². The number of aliphatic hydroxyl groups is 12. The van der Waals surface area contributed by atoms with E-state index in [1.54, 1.807) is 0 Å². The van der Waals surface area contributed by atoms with Crippen LogP contribution in [-0.2, 0) is 52.3 Å². The Morgan fingerprint density at radius 1 is 0.495 bits per heavy atom. The van der Waals surface area contributed by atoms with E-state index in [2.05, 4.69) is 0 Å². The number of esters is 2. The Hall–Kier alpha value is -8.37.